The Bertz CT molecular complexity index is 389. The van der Waals surface area contributed by atoms with Crippen molar-refractivity contribution in [3.8, 4) is 6.07 Å². The minimum atomic E-state index is -0.192. The number of nitriles is 1. The Hall–Kier alpha value is -0.850. The molecule has 2 rings (SSSR count). The zero-order chi connectivity index (χ0) is 12.3. The molecule has 3 heteroatoms. The van der Waals surface area contributed by atoms with Crippen molar-refractivity contribution in [2.24, 2.45) is 5.41 Å². The predicted octanol–water partition coefficient (Wildman–Crippen LogP) is 3.82. The first-order valence-electron chi connectivity index (χ1n) is 6.31. The van der Waals surface area contributed by atoms with Crippen LogP contribution in [0.25, 0.3) is 0 Å². The van der Waals surface area contributed by atoms with Gasteiger partial charge in [0.15, 0.2) is 0 Å². The molecule has 1 fully saturated rings. The lowest BCUT2D eigenvalue weighted by molar-refractivity contribution is 0.230. The normalized spacial score (nSPS) is 21.6. The van der Waals surface area contributed by atoms with E-state index in [-0.39, 0.29) is 5.41 Å². The number of rotatable bonds is 4. The van der Waals surface area contributed by atoms with Crippen LogP contribution in [-0.2, 0) is 0 Å². The van der Waals surface area contributed by atoms with Gasteiger partial charge in [0.1, 0.15) is 0 Å². The van der Waals surface area contributed by atoms with Crippen molar-refractivity contribution < 1.29 is 0 Å². The molecule has 17 heavy (non-hydrogen) atoms. The highest BCUT2D eigenvalue weighted by atomic mass is 32.1. The quantitative estimate of drug-likeness (QED) is 0.810. The summed E-state index contributed by atoms with van der Waals surface area (Å²) in [5.74, 6) is 0. The second-order valence-corrected chi connectivity index (χ2v) is 6.43. The molecular weight excluding hydrogens is 228 g/mol. The smallest absolute Gasteiger partial charge is 0.0684 e. The average molecular weight is 248 g/mol. The molecule has 0 aliphatic carbocycles. The maximum Gasteiger partial charge on any atom is 0.0684 e. The van der Waals surface area contributed by atoms with Crippen molar-refractivity contribution in [3.05, 3.63) is 22.4 Å². The van der Waals surface area contributed by atoms with E-state index in [0.29, 0.717) is 6.04 Å². The van der Waals surface area contributed by atoms with Crippen molar-refractivity contribution >= 4 is 11.3 Å². The Morgan fingerprint density at radius 1 is 1.59 bits per heavy atom. The maximum atomic E-state index is 9.05. The molecule has 1 atom stereocenters. The Morgan fingerprint density at radius 2 is 2.41 bits per heavy atom. The molecule has 1 aromatic heterocycles. The van der Waals surface area contributed by atoms with Crippen molar-refractivity contribution in [3.63, 3.8) is 0 Å². The van der Waals surface area contributed by atoms with Crippen molar-refractivity contribution in [1.82, 2.24) is 4.90 Å². The summed E-state index contributed by atoms with van der Waals surface area (Å²) in [6, 6.07) is 7.37. The van der Waals surface area contributed by atoms with Crippen LogP contribution in [0.1, 0.15) is 44.0 Å². The van der Waals surface area contributed by atoms with Crippen molar-refractivity contribution in [2.75, 3.05) is 13.1 Å². The zero-order valence-electron chi connectivity index (χ0n) is 10.6. The van der Waals surface area contributed by atoms with Crippen molar-refractivity contribution in [2.45, 2.75) is 39.2 Å². The summed E-state index contributed by atoms with van der Waals surface area (Å²) in [6.07, 6.45) is 3.52. The highest BCUT2D eigenvalue weighted by Crippen LogP contribution is 2.35. The van der Waals surface area contributed by atoms with Gasteiger partial charge in [0.2, 0.25) is 0 Å². The molecule has 2 heterocycles. The third-order valence-corrected chi connectivity index (χ3v) is 4.54. The third-order valence-electron chi connectivity index (χ3n) is 3.56. The molecule has 0 N–H and O–H groups in total. The van der Waals surface area contributed by atoms with Gasteiger partial charge in [-0.2, -0.15) is 5.26 Å². The molecule has 0 radical (unpaired) electrons. The van der Waals surface area contributed by atoms with E-state index in [9.17, 15) is 0 Å². The lowest BCUT2D eigenvalue weighted by Gasteiger charge is -2.26. The van der Waals surface area contributed by atoms with Gasteiger partial charge in [-0.1, -0.05) is 6.07 Å². The minimum absolute atomic E-state index is 0.192. The number of nitrogens with zero attached hydrogens (tertiary/aromatic N) is 2. The van der Waals surface area contributed by atoms with Crippen LogP contribution in [0.2, 0.25) is 0 Å². The van der Waals surface area contributed by atoms with Gasteiger partial charge in [-0.05, 0) is 51.1 Å². The van der Waals surface area contributed by atoms with Crippen LogP contribution in [0, 0.1) is 16.7 Å². The van der Waals surface area contributed by atoms with Crippen LogP contribution in [0.3, 0.4) is 0 Å². The fraction of sp³-hybridized carbons (Fsp3) is 0.643. The fourth-order valence-corrected chi connectivity index (χ4v) is 3.27. The Balaban J connectivity index is 1.95. The standard InChI is InChI=1S/C14H20N2S/c1-14(2,11-15)7-9-16-8-3-5-12(16)13-6-4-10-17-13/h4,6,10,12H,3,5,7-9H2,1-2H3/t12-/m0/s1. The van der Waals surface area contributed by atoms with Gasteiger partial charge in [0, 0.05) is 17.5 Å². The number of hydrogen-bond donors (Lipinski definition) is 0. The van der Waals surface area contributed by atoms with E-state index >= 15 is 0 Å². The second kappa shape index (κ2) is 5.20. The molecule has 1 aromatic rings. The first-order valence-corrected chi connectivity index (χ1v) is 7.19. The van der Waals surface area contributed by atoms with Crippen molar-refractivity contribution in [1.29, 1.82) is 5.26 Å². The molecule has 0 unspecified atom stereocenters. The van der Waals surface area contributed by atoms with E-state index in [1.807, 2.05) is 25.2 Å². The third kappa shape index (κ3) is 3.08. The van der Waals surface area contributed by atoms with Crippen LogP contribution >= 0.6 is 11.3 Å². The van der Waals surface area contributed by atoms with E-state index in [2.05, 4.69) is 28.5 Å². The van der Waals surface area contributed by atoms with Gasteiger partial charge in [-0.3, -0.25) is 4.90 Å². The van der Waals surface area contributed by atoms with Crippen LogP contribution in [0.5, 0.6) is 0 Å². The molecular formula is C14H20N2S. The summed E-state index contributed by atoms with van der Waals surface area (Å²) in [4.78, 5) is 4.03. The van der Waals surface area contributed by atoms with Gasteiger partial charge in [0.05, 0.1) is 11.5 Å². The largest absolute Gasteiger partial charge is 0.295 e. The lowest BCUT2D eigenvalue weighted by atomic mass is 9.91. The van der Waals surface area contributed by atoms with E-state index in [1.165, 1.54) is 24.3 Å². The molecule has 0 aromatic carbocycles. The molecule has 2 nitrogen and oxygen atoms in total. The predicted molar refractivity (Wildman–Crippen MR) is 71.9 cm³/mol. The van der Waals surface area contributed by atoms with Gasteiger partial charge in [-0.15, -0.1) is 11.3 Å². The number of hydrogen-bond acceptors (Lipinski definition) is 3. The Morgan fingerprint density at radius 3 is 3.06 bits per heavy atom. The fourth-order valence-electron chi connectivity index (χ4n) is 2.38. The zero-order valence-corrected chi connectivity index (χ0v) is 11.5. The Labute approximate surface area is 108 Å². The summed E-state index contributed by atoms with van der Waals surface area (Å²) in [5.41, 5.74) is -0.192. The molecule has 1 saturated heterocycles. The van der Waals surface area contributed by atoms with Crippen LogP contribution in [0.15, 0.2) is 17.5 Å². The number of likely N-dealkylation sites (tertiary alicyclic amines) is 1. The second-order valence-electron chi connectivity index (χ2n) is 5.46. The van der Waals surface area contributed by atoms with Crippen LogP contribution in [-0.4, -0.2) is 18.0 Å². The molecule has 1 aliphatic rings. The molecule has 0 spiro atoms. The summed E-state index contributed by atoms with van der Waals surface area (Å²) >= 11 is 1.86. The van der Waals surface area contributed by atoms with E-state index in [1.54, 1.807) is 0 Å². The summed E-state index contributed by atoms with van der Waals surface area (Å²) < 4.78 is 0. The first kappa shape index (κ1) is 12.6. The van der Waals surface area contributed by atoms with E-state index < -0.39 is 0 Å². The minimum Gasteiger partial charge on any atom is -0.295 e. The van der Waals surface area contributed by atoms with Crippen LogP contribution in [0.4, 0.5) is 0 Å². The summed E-state index contributed by atoms with van der Waals surface area (Å²) in [7, 11) is 0. The number of thiophene rings is 1. The molecule has 0 amide bonds. The molecule has 0 saturated carbocycles. The Kier molecular flexibility index (Phi) is 3.86. The monoisotopic (exact) mass is 248 g/mol. The molecule has 1 aliphatic heterocycles. The topological polar surface area (TPSA) is 27.0 Å². The summed E-state index contributed by atoms with van der Waals surface area (Å²) in [6.45, 7) is 6.29. The summed E-state index contributed by atoms with van der Waals surface area (Å²) in [5, 5.41) is 11.2. The van der Waals surface area contributed by atoms with E-state index in [0.717, 1.165) is 13.0 Å². The highest BCUT2D eigenvalue weighted by Gasteiger charge is 2.28. The maximum absolute atomic E-state index is 9.05. The lowest BCUT2D eigenvalue weighted by Crippen LogP contribution is -2.27. The van der Waals surface area contributed by atoms with Gasteiger partial charge < -0.3 is 0 Å². The average Bonchev–Trinajstić information content (AvgIpc) is 2.96. The van der Waals surface area contributed by atoms with Gasteiger partial charge in [0.25, 0.3) is 0 Å². The first-order chi connectivity index (χ1) is 8.12. The van der Waals surface area contributed by atoms with Gasteiger partial charge >= 0.3 is 0 Å². The van der Waals surface area contributed by atoms with E-state index in [4.69, 9.17) is 5.26 Å². The van der Waals surface area contributed by atoms with Gasteiger partial charge in [-0.25, -0.2) is 0 Å². The molecule has 0 bridgehead atoms. The highest BCUT2D eigenvalue weighted by molar-refractivity contribution is 7.10. The van der Waals surface area contributed by atoms with Crippen LogP contribution < -0.4 is 0 Å². The molecule has 92 valence electrons. The SMILES string of the molecule is CC(C)(C#N)CCN1CCC[C@H]1c1cccs1.